The zero-order valence-corrected chi connectivity index (χ0v) is 19.0. The van der Waals surface area contributed by atoms with Gasteiger partial charge in [0.1, 0.15) is 0 Å². The van der Waals surface area contributed by atoms with Crippen LogP contribution in [0.25, 0.3) is 10.7 Å². The number of nitrogens with zero attached hydrogens (tertiary/aromatic N) is 3. The molecule has 0 bridgehead atoms. The molecule has 1 N–H and O–H groups in total. The Morgan fingerprint density at radius 3 is 2.83 bits per heavy atom. The second kappa shape index (κ2) is 8.76. The van der Waals surface area contributed by atoms with E-state index in [4.69, 9.17) is 4.52 Å². The number of carbonyl (C=O) groups excluding carboxylic acids is 1. The number of sulfonamides is 1. The minimum Gasteiger partial charge on any atom is -0.356 e. The second-order valence-corrected chi connectivity index (χ2v) is 11.3. The summed E-state index contributed by atoms with van der Waals surface area (Å²) < 4.78 is 33.5. The smallest absolute Gasteiger partial charge is 0.244 e. The van der Waals surface area contributed by atoms with Gasteiger partial charge in [-0.25, -0.2) is 8.42 Å². The fraction of sp³-hybridized carbons (Fsp3) is 0.650. The SMILES string of the molecule is CCCNC(=O)[C@H]1CCCN(S(=O)(=O)c2cc(-c3noc(C4CCC4)n3)sc2C)C1. The number of rotatable bonds is 7. The number of thiophene rings is 1. The molecule has 2 aromatic rings. The van der Waals surface area contributed by atoms with Gasteiger partial charge in [0.05, 0.1) is 15.7 Å². The topological polar surface area (TPSA) is 105 Å². The molecule has 1 atom stereocenters. The average molecular weight is 453 g/mol. The van der Waals surface area contributed by atoms with Crippen LogP contribution in [0, 0.1) is 12.8 Å². The Kier molecular flexibility index (Phi) is 6.26. The maximum absolute atomic E-state index is 13.3. The number of hydrogen-bond donors (Lipinski definition) is 1. The van der Waals surface area contributed by atoms with Gasteiger partial charge in [-0.2, -0.15) is 9.29 Å². The van der Waals surface area contributed by atoms with Crippen molar-refractivity contribution >= 4 is 27.3 Å². The largest absolute Gasteiger partial charge is 0.356 e. The van der Waals surface area contributed by atoms with Crippen molar-refractivity contribution < 1.29 is 17.7 Å². The molecule has 8 nitrogen and oxygen atoms in total. The lowest BCUT2D eigenvalue weighted by Crippen LogP contribution is -2.45. The van der Waals surface area contributed by atoms with Crippen LogP contribution in [0.3, 0.4) is 0 Å². The van der Waals surface area contributed by atoms with Gasteiger partial charge < -0.3 is 9.84 Å². The molecule has 2 aromatic heterocycles. The number of aryl methyl sites for hydroxylation is 1. The van der Waals surface area contributed by atoms with Crippen molar-refractivity contribution in [2.24, 2.45) is 5.92 Å². The monoisotopic (exact) mass is 452 g/mol. The van der Waals surface area contributed by atoms with Gasteiger partial charge in [0, 0.05) is 30.4 Å². The lowest BCUT2D eigenvalue weighted by atomic mass is 9.85. The van der Waals surface area contributed by atoms with Crippen LogP contribution < -0.4 is 5.32 Å². The van der Waals surface area contributed by atoms with Gasteiger partial charge in [-0.3, -0.25) is 4.79 Å². The Morgan fingerprint density at radius 2 is 2.13 bits per heavy atom. The van der Waals surface area contributed by atoms with Crippen molar-refractivity contribution in [1.29, 1.82) is 0 Å². The van der Waals surface area contributed by atoms with Crippen LogP contribution in [0.15, 0.2) is 15.5 Å². The van der Waals surface area contributed by atoms with E-state index in [0.717, 1.165) is 19.3 Å². The number of hydrogen-bond acceptors (Lipinski definition) is 7. The summed E-state index contributed by atoms with van der Waals surface area (Å²) in [5.74, 6) is 1.06. The number of carbonyl (C=O) groups is 1. The van der Waals surface area contributed by atoms with Crippen LogP contribution in [0.4, 0.5) is 0 Å². The van der Waals surface area contributed by atoms with E-state index in [0.29, 0.717) is 53.3 Å². The van der Waals surface area contributed by atoms with Gasteiger partial charge in [0.2, 0.25) is 27.6 Å². The molecule has 2 fully saturated rings. The quantitative estimate of drug-likeness (QED) is 0.691. The minimum absolute atomic E-state index is 0.0604. The minimum atomic E-state index is -3.69. The van der Waals surface area contributed by atoms with E-state index >= 15 is 0 Å². The Bertz CT molecular complexity index is 1010. The van der Waals surface area contributed by atoms with Crippen LogP contribution in [0.2, 0.25) is 0 Å². The fourth-order valence-electron chi connectivity index (χ4n) is 3.89. The summed E-state index contributed by atoms with van der Waals surface area (Å²) in [6, 6.07) is 1.64. The molecule has 1 saturated carbocycles. The third kappa shape index (κ3) is 4.17. The Hall–Kier alpha value is -1.78. The van der Waals surface area contributed by atoms with Crippen molar-refractivity contribution in [3.8, 4) is 10.7 Å². The maximum atomic E-state index is 13.3. The average Bonchev–Trinajstić information content (AvgIpc) is 3.32. The van der Waals surface area contributed by atoms with Crippen LogP contribution in [0.5, 0.6) is 0 Å². The predicted octanol–water partition coefficient (Wildman–Crippen LogP) is 3.30. The first-order chi connectivity index (χ1) is 14.4. The number of aromatic nitrogens is 2. The third-order valence-electron chi connectivity index (χ3n) is 5.91. The van der Waals surface area contributed by atoms with Gasteiger partial charge in [-0.15, -0.1) is 11.3 Å². The van der Waals surface area contributed by atoms with E-state index in [1.54, 1.807) is 13.0 Å². The van der Waals surface area contributed by atoms with Crippen LogP contribution >= 0.6 is 11.3 Å². The summed E-state index contributed by atoms with van der Waals surface area (Å²) in [6.45, 7) is 5.05. The van der Waals surface area contributed by atoms with Gasteiger partial charge >= 0.3 is 0 Å². The molecule has 0 unspecified atom stereocenters. The van der Waals surface area contributed by atoms with Gasteiger partial charge in [0.15, 0.2) is 0 Å². The first kappa shape index (κ1) is 21.5. The summed E-state index contributed by atoms with van der Waals surface area (Å²) in [7, 11) is -3.69. The van der Waals surface area contributed by atoms with Crippen molar-refractivity contribution in [2.75, 3.05) is 19.6 Å². The number of amides is 1. The molecule has 1 saturated heterocycles. The van der Waals surface area contributed by atoms with E-state index in [-0.39, 0.29) is 23.3 Å². The Morgan fingerprint density at radius 1 is 1.33 bits per heavy atom. The normalized spacial score (nSPS) is 20.8. The zero-order valence-electron chi connectivity index (χ0n) is 17.4. The van der Waals surface area contributed by atoms with Crippen molar-refractivity contribution in [1.82, 2.24) is 19.8 Å². The predicted molar refractivity (Wildman–Crippen MR) is 114 cm³/mol. The highest BCUT2D eigenvalue weighted by molar-refractivity contribution is 7.89. The molecule has 3 heterocycles. The third-order valence-corrected chi connectivity index (χ3v) is 9.08. The molecule has 2 aliphatic rings. The zero-order chi connectivity index (χ0) is 21.3. The molecule has 1 aliphatic heterocycles. The highest BCUT2D eigenvalue weighted by Gasteiger charge is 2.35. The van der Waals surface area contributed by atoms with Crippen LogP contribution in [0.1, 0.15) is 62.1 Å². The molecule has 30 heavy (non-hydrogen) atoms. The molecule has 0 spiro atoms. The van der Waals surface area contributed by atoms with Crippen molar-refractivity contribution in [3.05, 3.63) is 16.8 Å². The van der Waals surface area contributed by atoms with E-state index < -0.39 is 10.0 Å². The van der Waals surface area contributed by atoms with E-state index in [1.165, 1.54) is 22.1 Å². The van der Waals surface area contributed by atoms with Gasteiger partial charge in [-0.05, 0) is 45.1 Å². The number of piperidine rings is 1. The standard InChI is InChI=1S/C20H28N4O4S2/c1-3-9-21-19(25)15-8-5-10-24(12-15)30(26,27)17-11-16(29-13(17)2)18-22-20(28-23-18)14-6-4-7-14/h11,14-15H,3-10,12H2,1-2H3,(H,21,25)/t15-/m0/s1. The fourth-order valence-corrected chi connectivity index (χ4v) is 6.90. The molecule has 1 aliphatic carbocycles. The van der Waals surface area contributed by atoms with Gasteiger partial charge in [-0.1, -0.05) is 18.5 Å². The van der Waals surface area contributed by atoms with E-state index in [2.05, 4.69) is 15.5 Å². The molecule has 10 heteroatoms. The lowest BCUT2D eigenvalue weighted by molar-refractivity contribution is -0.126. The molecule has 1 amide bonds. The van der Waals surface area contributed by atoms with Crippen molar-refractivity contribution in [3.63, 3.8) is 0 Å². The van der Waals surface area contributed by atoms with E-state index in [1.807, 2.05) is 6.92 Å². The molecule has 164 valence electrons. The number of nitrogens with one attached hydrogen (secondary N) is 1. The van der Waals surface area contributed by atoms with Crippen LogP contribution in [-0.2, 0) is 14.8 Å². The molecular formula is C20H28N4O4S2. The molecule has 0 radical (unpaired) electrons. The van der Waals surface area contributed by atoms with E-state index in [9.17, 15) is 13.2 Å². The first-order valence-electron chi connectivity index (χ1n) is 10.6. The summed E-state index contributed by atoms with van der Waals surface area (Å²) in [6.07, 6.45) is 5.54. The first-order valence-corrected chi connectivity index (χ1v) is 12.9. The molecule has 4 rings (SSSR count). The summed E-state index contributed by atoms with van der Waals surface area (Å²) in [4.78, 5) is 18.5. The Balaban J connectivity index is 1.52. The highest BCUT2D eigenvalue weighted by atomic mass is 32.2. The molecular weight excluding hydrogens is 424 g/mol. The summed E-state index contributed by atoms with van der Waals surface area (Å²) in [5.41, 5.74) is 0. The summed E-state index contributed by atoms with van der Waals surface area (Å²) in [5, 5.41) is 6.95. The van der Waals surface area contributed by atoms with Crippen molar-refractivity contribution in [2.45, 2.75) is 63.2 Å². The highest BCUT2D eigenvalue weighted by Crippen LogP contribution is 2.38. The maximum Gasteiger partial charge on any atom is 0.244 e. The molecule has 0 aromatic carbocycles. The van der Waals surface area contributed by atoms with Crippen LogP contribution in [-0.4, -0.2) is 48.4 Å². The second-order valence-electron chi connectivity index (χ2n) is 8.11. The van der Waals surface area contributed by atoms with Gasteiger partial charge in [0.25, 0.3) is 0 Å². The summed E-state index contributed by atoms with van der Waals surface area (Å²) >= 11 is 1.36. The Labute approximate surface area is 181 Å². The lowest BCUT2D eigenvalue weighted by Gasteiger charge is -2.31.